The Hall–Kier alpha value is -1.00. The lowest BCUT2D eigenvalue weighted by Crippen LogP contribution is -2.31. The van der Waals surface area contributed by atoms with Crippen LogP contribution in [0.3, 0.4) is 0 Å². The van der Waals surface area contributed by atoms with E-state index in [0.717, 1.165) is 24.2 Å². The number of aliphatic imine (C=N–C) groups is 1. The highest BCUT2D eigenvalue weighted by Gasteiger charge is 2.26. The van der Waals surface area contributed by atoms with E-state index in [1.807, 2.05) is 11.8 Å². The van der Waals surface area contributed by atoms with Crippen LogP contribution in [0.1, 0.15) is 31.1 Å². The summed E-state index contributed by atoms with van der Waals surface area (Å²) >= 11 is 1.88. The van der Waals surface area contributed by atoms with Crippen LogP contribution in [0.25, 0.3) is 0 Å². The van der Waals surface area contributed by atoms with E-state index >= 15 is 0 Å². The Morgan fingerprint density at radius 1 is 1.33 bits per heavy atom. The number of rotatable bonds is 4. The summed E-state index contributed by atoms with van der Waals surface area (Å²) in [5.74, 6) is 0.770. The van der Waals surface area contributed by atoms with E-state index in [0.29, 0.717) is 11.3 Å². The normalized spacial score (nSPS) is 26.3. The van der Waals surface area contributed by atoms with Crippen LogP contribution in [-0.4, -0.2) is 42.3 Å². The molecule has 2 unspecified atom stereocenters. The van der Waals surface area contributed by atoms with Gasteiger partial charge in [0.05, 0.1) is 11.8 Å². The van der Waals surface area contributed by atoms with Gasteiger partial charge < -0.3 is 10.2 Å². The van der Waals surface area contributed by atoms with Gasteiger partial charge in [-0.05, 0) is 38.3 Å². The first-order valence-electron chi connectivity index (χ1n) is 7.96. The zero-order valence-corrected chi connectivity index (χ0v) is 13.8. The minimum atomic E-state index is 0.490. The zero-order chi connectivity index (χ0) is 14.7. The predicted molar refractivity (Wildman–Crippen MR) is 91.9 cm³/mol. The highest BCUT2D eigenvalue weighted by Crippen LogP contribution is 2.34. The Kier molecular flexibility index (Phi) is 4.86. The molecule has 2 aliphatic rings. The molecule has 2 atom stereocenters. The molecule has 2 heterocycles. The van der Waals surface area contributed by atoms with E-state index in [1.54, 1.807) is 0 Å². The maximum atomic E-state index is 4.66. The van der Waals surface area contributed by atoms with Crippen LogP contribution in [0.2, 0.25) is 0 Å². The van der Waals surface area contributed by atoms with Crippen molar-refractivity contribution >= 4 is 16.9 Å². The van der Waals surface area contributed by atoms with Crippen LogP contribution in [0, 0.1) is 5.92 Å². The summed E-state index contributed by atoms with van der Waals surface area (Å²) in [4.78, 5) is 7.24. The first kappa shape index (κ1) is 14.9. The van der Waals surface area contributed by atoms with E-state index in [9.17, 15) is 0 Å². The van der Waals surface area contributed by atoms with Crippen LogP contribution >= 0.6 is 11.8 Å². The largest absolute Gasteiger partial charge is 0.365 e. The molecule has 0 aromatic heterocycles. The number of likely N-dealkylation sites (tertiary alicyclic amines) is 1. The third-order valence-electron chi connectivity index (χ3n) is 4.42. The summed E-state index contributed by atoms with van der Waals surface area (Å²) in [6.07, 6.45) is 1.31. The number of benzene rings is 1. The molecule has 0 saturated carbocycles. The second-order valence-electron chi connectivity index (χ2n) is 6.29. The molecule has 0 spiro atoms. The Morgan fingerprint density at radius 3 is 2.86 bits per heavy atom. The highest BCUT2D eigenvalue weighted by molar-refractivity contribution is 8.14. The summed E-state index contributed by atoms with van der Waals surface area (Å²) in [5, 5.41) is 5.19. The molecule has 2 aliphatic heterocycles. The summed E-state index contributed by atoms with van der Waals surface area (Å²) in [7, 11) is 0. The average molecular weight is 303 g/mol. The number of thioether (sulfide) groups is 1. The van der Waals surface area contributed by atoms with Crippen LogP contribution < -0.4 is 5.32 Å². The van der Waals surface area contributed by atoms with E-state index in [2.05, 4.69) is 59.4 Å². The summed E-state index contributed by atoms with van der Waals surface area (Å²) in [5.41, 5.74) is 1.38. The van der Waals surface area contributed by atoms with Gasteiger partial charge in [0.25, 0.3) is 0 Å². The number of amidine groups is 1. The van der Waals surface area contributed by atoms with Crippen molar-refractivity contribution in [3.63, 3.8) is 0 Å². The number of nitrogens with zero attached hydrogens (tertiary/aromatic N) is 2. The maximum Gasteiger partial charge on any atom is 0.157 e. The smallest absolute Gasteiger partial charge is 0.157 e. The molecule has 1 fully saturated rings. The van der Waals surface area contributed by atoms with Gasteiger partial charge in [-0.1, -0.05) is 42.1 Å². The second-order valence-corrected chi connectivity index (χ2v) is 7.48. The molecule has 0 amide bonds. The molecule has 0 bridgehead atoms. The number of hydrogen-bond donors (Lipinski definition) is 1. The van der Waals surface area contributed by atoms with Gasteiger partial charge >= 0.3 is 0 Å². The Bertz CT molecular complexity index is 486. The molecule has 3 rings (SSSR count). The van der Waals surface area contributed by atoms with Crippen LogP contribution in [-0.2, 0) is 0 Å². The fraction of sp³-hybridized carbons (Fsp3) is 0.588. The van der Waals surface area contributed by atoms with E-state index in [4.69, 9.17) is 0 Å². The SMILES string of the molecule is CC(C)N1CCC(CNC2=NCC(c3ccccc3)S2)C1. The van der Waals surface area contributed by atoms with Crippen LogP contribution in [0.4, 0.5) is 0 Å². The van der Waals surface area contributed by atoms with E-state index < -0.39 is 0 Å². The fourth-order valence-electron chi connectivity index (χ4n) is 3.04. The van der Waals surface area contributed by atoms with Gasteiger partial charge in [-0.2, -0.15) is 0 Å². The molecule has 1 saturated heterocycles. The van der Waals surface area contributed by atoms with Gasteiger partial charge in [0.2, 0.25) is 0 Å². The Morgan fingerprint density at radius 2 is 2.14 bits per heavy atom. The van der Waals surface area contributed by atoms with Crippen LogP contribution in [0.5, 0.6) is 0 Å². The molecule has 1 aromatic carbocycles. The van der Waals surface area contributed by atoms with Crippen molar-refractivity contribution < 1.29 is 0 Å². The summed E-state index contributed by atoms with van der Waals surface area (Å²) in [6, 6.07) is 11.4. The van der Waals surface area contributed by atoms with Crippen LogP contribution in [0.15, 0.2) is 35.3 Å². The standard InChI is InChI=1S/C17H25N3S/c1-13(2)20-9-8-14(12-20)10-18-17-19-11-16(21-17)15-6-4-3-5-7-15/h3-7,13-14,16H,8-12H2,1-2H3,(H,18,19). The molecule has 4 heteroatoms. The van der Waals surface area contributed by atoms with Crippen molar-refractivity contribution in [3.8, 4) is 0 Å². The van der Waals surface area contributed by atoms with Gasteiger partial charge in [-0.3, -0.25) is 4.99 Å². The minimum Gasteiger partial charge on any atom is -0.365 e. The van der Waals surface area contributed by atoms with Crippen molar-refractivity contribution in [1.29, 1.82) is 0 Å². The van der Waals surface area contributed by atoms with Gasteiger partial charge in [0, 0.05) is 19.1 Å². The molecule has 21 heavy (non-hydrogen) atoms. The third kappa shape index (κ3) is 3.80. The fourth-order valence-corrected chi connectivity index (χ4v) is 4.07. The van der Waals surface area contributed by atoms with Crippen molar-refractivity contribution in [3.05, 3.63) is 35.9 Å². The number of nitrogens with one attached hydrogen (secondary N) is 1. The van der Waals surface area contributed by atoms with Gasteiger partial charge in [0.15, 0.2) is 5.17 Å². The highest BCUT2D eigenvalue weighted by atomic mass is 32.2. The molecule has 114 valence electrons. The third-order valence-corrected chi connectivity index (χ3v) is 5.62. The molecular weight excluding hydrogens is 278 g/mol. The first-order chi connectivity index (χ1) is 10.2. The zero-order valence-electron chi connectivity index (χ0n) is 13.0. The van der Waals surface area contributed by atoms with Crippen molar-refractivity contribution in [1.82, 2.24) is 10.2 Å². The summed E-state index contributed by atoms with van der Waals surface area (Å²) in [6.45, 7) is 9.02. The van der Waals surface area contributed by atoms with Gasteiger partial charge in [0.1, 0.15) is 0 Å². The van der Waals surface area contributed by atoms with Crippen molar-refractivity contribution in [2.75, 3.05) is 26.2 Å². The van der Waals surface area contributed by atoms with Crippen molar-refractivity contribution in [2.45, 2.75) is 31.6 Å². The summed E-state index contributed by atoms with van der Waals surface area (Å²) < 4.78 is 0. The monoisotopic (exact) mass is 303 g/mol. The minimum absolute atomic E-state index is 0.490. The molecular formula is C17H25N3S. The maximum absolute atomic E-state index is 4.66. The van der Waals surface area contributed by atoms with Gasteiger partial charge in [-0.15, -0.1) is 0 Å². The molecule has 3 nitrogen and oxygen atoms in total. The lowest BCUT2D eigenvalue weighted by molar-refractivity contribution is 0.265. The van der Waals surface area contributed by atoms with E-state index in [1.165, 1.54) is 25.1 Å². The number of hydrogen-bond acceptors (Lipinski definition) is 4. The van der Waals surface area contributed by atoms with E-state index in [-0.39, 0.29) is 0 Å². The van der Waals surface area contributed by atoms with Gasteiger partial charge in [-0.25, -0.2) is 0 Å². The molecule has 1 N–H and O–H groups in total. The Labute approximate surface area is 132 Å². The topological polar surface area (TPSA) is 27.6 Å². The van der Waals surface area contributed by atoms with Crippen molar-refractivity contribution in [2.24, 2.45) is 10.9 Å². The average Bonchev–Trinajstić information content (AvgIpc) is 3.15. The quantitative estimate of drug-likeness (QED) is 0.926. The molecule has 0 aliphatic carbocycles. The molecule has 1 aromatic rings. The predicted octanol–water partition coefficient (Wildman–Crippen LogP) is 3.15. The lowest BCUT2D eigenvalue weighted by Gasteiger charge is -2.20. The molecule has 0 radical (unpaired) electrons. The lowest BCUT2D eigenvalue weighted by atomic mass is 10.1. The second kappa shape index (κ2) is 6.84. The first-order valence-corrected chi connectivity index (χ1v) is 8.84. The Balaban J connectivity index is 1.44.